The quantitative estimate of drug-likeness (QED) is 0.0216. The van der Waals surface area contributed by atoms with Gasteiger partial charge in [0.1, 0.15) is 28.5 Å². The molecule has 0 radical (unpaired) electrons. The molecule has 1 aromatic carbocycles. The van der Waals surface area contributed by atoms with E-state index in [-0.39, 0.29) is 104 Å². The summed E-state index contributed by atoms with van der Waals surface area (Å²) in [5.74, 6) is -6.70. The summed E-state index contributed by atoms with van der Waals surface area (Å²) in [5.41, 5.74) is 3.49. The highest BCUT2D eigenvalue weighted by Crippen LogP contribution is 2.32. The van der Waals surface area contributed by atoms with Gasteiger partial charge in [-0.15, -0.1) is 11.3 Å². The zero-order valence-corrected chi connectivity index (χ0v) is 48.6. The van der Waals surface area contributed by atoms with Crippen LogP contribution in [-0.4, -0.2) is 160 Å². The molecule has 8 amide bonds. The van der Waals surface area contributed by atoms with Gasteiger partial charge in [0, 0.05) is 75.9 Å². The highest BCUT2D eigenvalue weighted by Gasteiger charge is 2.39. The van der Waals surface area contributed by atoms with Gasteiger partial charge in [0.2, 0.25) is 29.5 Å². The van der Waals surface area contributed by atoms with Gasteiger partial charge in [-0.2, -0.15) is 0 Å². The maximum atomic E-state index is 14.3. The predicted molar refractivity (Wildman–Crippen MR) is 296 cm³/mol. The van der Waals surface area contributed by atoms with Crippen molar-refractivity contribution in [2.24, 2.45) is 17.8 Å². The van der Waals surface area contributed by atoms with Gasteiger partial charge in [-0.25, -0.2) is 4.98 Å². The number of rotatable bonds is 34. The number of likely N-dealkylation sites (N-methyl/N-ethyl adjacent to an activating group) is 2. The second-order valence-electron chi connectivity index (χ2n) is 21.3. The number of phenols is 1. The van der Waals surface area contributed by atoms with Gasteiger partial charge in [-0.3, -0.25) is 57.7 Å². The summed E-state index contributed by atoms with van der Waals surface area (Å²) in [6.07, 6.45) is 4.22. The average Bonchev–Trinajstić information content (AvgIpc) is 4.03. The number of carboxylic acid groups (broad SMARTS) is 1. The predicted octanol–water partition coefficient (Wildman–Crippen LogP) is 3.09. The Kier molecular flexibility index (Phi) is 26.7. The number of nitrogens with zero attached hydrogens (tertiary/aromatic N) is 4. The number of hydrogen-bond acceptors (Lipinski definition) is 15. The number of esters is 1. The molecule has 0 bridgehead atoms. The van der Waals surface area contributed by atoms with Crippen LogP contribution in [0.4, 0.5) is 5.69 Å². The molecule has 24 heteroatoms. The third-order valence-electron chi connectivity index (χ3n) is 14.3. The van der Waals surface area contributed by atoms with Crippen LogP contribution in [0, 0.1) is 17.8 Å². The largest absolute Gasteiger partial charge is 0.506 e. The Morgan fingerprint density at radius 2 is 1.54 bits per heavy atom. The number of quaternary nitrogens is 1. The van der Waals surface area contributed by atoms with Crippen LogP contribution in [0.25, 0.3) is 0 Å². The molecule has 2 heterocycles. The molecule has 438 valence electrons. The number of thiazole rings is 1. The smallest absolute Gasteiger partial charge is 0.306 e. The normalized spacial score (nSPS) is 15.1. The van der Waals surface area contributed by atoms with Crippen molar-refractivity contribution in [3.63, 3.8) is 0 Å². The van der Waals surface area contributed by atoms with Crippen LogP contribution < -0.4 is 32.3 Å². The Labute approximate surface area is 467 Å². The Bertz CT molecular complexity index is 2480. The summed E-state index contributed by atoms with van der Waals surface area (Å²) in [6, 6.07) is 1.45. The van der Waals surface area contributed by atoms with Crippen molar-refractivity contribution in [2.45, 2.75) is 162 Å². The molecule has 0 saturated heterocycles. The minimum absolute atomic E-state index is 0.00899. The van der Waals surface area contributed by atoms with Crippen LogP contribution >= 0.6 is 11.3 Å². The van der Waals surface area contributed by atoms with E-state index in [9.17, 15) is 58.2 Å². The minimum Gasteiger partial charge on any atom is -0.506 e. The van der Waals surface area contributed by atoms with Crippen molar-refractivity contribution in [1.29, 1.82) is 0 Å². The fourth-order valence-electron chi connectivity index (χ4n) is 8.60. The molecule has 0 fully saturated rings. The molecule has 0 aliphatic carbocycles. The number of carbonyl (C=O) groups excluding carboxylic acids is 9. The minimum atomic E-state index is -1.09. The molecule has 0 saturated carbocycles. The summed E-state index contributed by atoms with van der Waals surface area (Å²) in [6.45, 7) is 14.8. The number of imide groups is 1. The van der Waals surface area contributed by atoms with Gasteiger partial charge in [0.05, 0.1) is 23.7 Å². The van der Waals surface area contributed by atoms with Gasteiger partial charge in [-0.1, -0.05) is 47.1 Å². The molecule has 3 rings (SSSR count). The number of hydrogen-bond donors (Lipinski definition) is 8. The number of anilines is 1. The lowest BCUT2D eigenvalue weighted by Crippen LogP contribution is -2.60. The van der Waals surface area contributed by atoms with E-state index in [1.54, 1.807) is 50.9 Å². The number of carboxylic acids is 1. The average molecular weight is 1130 g/mol. The van der Waals surface area contributed by atoms with E-state index >= 15 is 0 Å². The number of ether oxygens (including phenoxy) is 1. The second kappa shape index (κ2) is 31.7. The van der Waals surface area contributed by atoms with Crippen LogP contribution in [0.15, 0.2) is 35.7 Å². The lowest BCUT2D eigenvalue weighted by Gasteiger charge is -2.38. The molecule has 10 N–H and O–H groups in total. The summed E-state index contributed by atoms with van der Waals surface area (Å²) in [7, 11) is 5.22. The number of unbranched alkanes of at least 4 members (excludes halogenated alkanes) is 1. The standard InChI is InChI=1S/C55H84N10O13S/c1-12-33(4)48(62-54(77)55(7,8)63(9)10)52(74)64(11)41(32(2)3)30-43(78-35(6)66)51-61-40(31-79-51)50(73)58-37(27-34(5)53(75)76)28-36-20-21-42(67)39(29-36)60-44(68)18-15-25-57-49(72)38(17-13-14-24-56)59-45(69)19-16-26-65-46(70)22-23-47(65)71/h20-23,29,31-34,37-38,41,43,48,67H,12-19,24-28,30,56H2,1-11H3,(H,57,72)(H,58,73)(H,59,69)(H,60,68)(H,62,77)(H,75,76)/p+1/t33-,34?,37+,38-,41+,43+,48-/m0/s1. The number of aliphatic carboxylic acids is 1. The molecule has 1 unspecified atom stereocenters. The molecule has 7 atom stereocenters. The highest BCUT2D eigenvalue weighted by atomic mass is 32.1. The molecule has 1 aromatic heterocycles. The van der Waals surface area contributed by atoms with Crippen molar-refractivity contribution < 1.29 is 68.6 Å². The van der Waals surface area contributed by atoms with Crippen molar-refractivity contribution in [1.82, 2.24) is 41.0 Å². The van der Waals surface area contributed by atoms with E-state index in [2.05, 4.69) is 37.3 Å². The van der Waals surface area contributed by atoms with Crippen LogP contribution in [0.1, 0.15) is 147 Å². The first-order valence-corrected chi connectivity index (χ1v) is 27.9. The molecule has 23 nitrogen and oxygen atoms in total. The van der Waals surface area contributed by atoms with Gasteiger partial charge < -0.3 is 52.2 Å². The monoisotopic (exact) mass is 1130 g/mol. The van der Waals surface area contributed by atoms with Gasteiger partial charge in [0.15, 0.2) is 6.10 Å². The topological polar surface area (TPSA) is 331 Å². The zero-order valence-electron chi connectivity index (χ0n) is 47.8. The number of aromatic nitrogens is 1. The SMILES string of the molecule is CC[C@H](C)[C@H](NC(=O)C(C)(C)N(C)C)C(=O)N(C)[C@H](C[C@@H](OC(C)=O)c1nc(C(=O)N[C@@H](Cc2ccc(O)c(NC(=O)CCCNC(=O)[C@H](CCCC[NH3+])NC(=O)CCCN3C(=O)C=CC3=O)c2)CC(C)C(=O)O)cs1)C(C)C. The summed E-state index contributed by atoms with van der Waals surface area (Å²) in [5, 5.41) is 36.4. The molecule has 1 aliphatic heterocycles. The lowest BCUT2D eigenvalue weighted by molar-refractivity contribution is -0.368. The van der Waals surface area contributed by atoms with Crippen molar-refractivity contribution in [3.05, 3.63) is 52.0 Å². The Morgan fingerprint density at radius 1 is 0.886 bits per heavy atom. The van der Waals surface area contributed by atoms with E-state index in [4.69, 9.17) is 4.74 Å². The van der Waals surface area contributed by atoms with Gasteiger partial charge >= 0.3 is 11.9 Å². The first-order chi connectivity index (χ1) is 37.1. The first-order valence-electron chi connectivity index (χ1n) is 27.0. The molecule has 79 heavy (non-hydrogen) atoms. The number of phenolic OH excluding ortho intramolecular Hbond substituents is 1. The lowest BCUT2D eigenvalue weighted by atomic mass is 9.92. The van der Waals surface area contributed by atoms with E-state index in [0.717, 1.165) is 22.7 Å². The number of amides is 8. The second-order valence-corrected chi connectivity index (χ2v) is 22.2. The van der Waals surface area contributed by atoms with Gasteiger partial charge in [-0.05, 0) is 102 Å². The first kappa shape index (κ1) is 66.5. The van der Waals surface area contributed by atoms with E-state index in [1.165, 1.54) is 43.5 Å². The van der Waals surface area contributed by atoms with Gasteiger partial charge in [0.25, 0.3) is 17.7 Å². The Balaban J connectivity index is 1.70. The molecular weight excluding hydrogens is 1040 g/mol. The van der Waals surface area contributed by atoms with E-state index < -0.39 is 89.1 Å². The van der Waals surface area contributed by atoms with Crippen LogP contribution in [-0.2, 0) is 54.3 Å². The fourth-order valence-corrected chi connectivity index (χ4v) is 9.44. The molecular formula is C55H85N10O13S+. The van der Waals surface area contributed by atoms with E-state index in [1.807, 2.05) is 27.7 Å². The van der Waals surface area contributed by atoms with Crippen molar-refractivity contribution in [3.8, 4) is 5.75 Å². The van der Waals surface area contributed by atoms with E-state index in [0.29, 0.717) is 31.4 Å². The van der Waals surface area contributed by atoms with Crippen molar-refractivity contribution >= 4 is 76.2 Å². The maximum absolute atomic E-state index is 14.3. The summed E-state index contributed by atoms with van der Waals surface area (Å²) < 4.78 is 5.79. The van der Waals surface area contributed by atoms with Crippen LogP contribution in [0.5, 0.6) is 5.75 Å². The Morgan fingerprint density at radius 3 is 2.14 bits per heavy atom. The summed E-state index contributed by atoms with van der Waals surface area (Å²) >= 11 is 1.08. The number of aromatic hydroxyl groups is 1. The molecule has 1 aliphatic rings. The maximum Gasteiger partial charge on any atom is 0.306 e. The zero-order chi connectivity index (χ0) is 59.3. The number of carbonyl (C=O) groups is 10. The van der Waals surface area contributed by atoms with Crippen LogP contribution in [0.2, 0.25) is 0 Å². The van der Waals surface area contributed by atoms with Crippen LogP contribution in [0.3, 0.4) is 0 Å². The Hall–Kier alpha value is -6.79. The number of nitrogens with one attached hydrogen (secondary N) is 5. The highest BCUT2D eigenvalue weighted by molar-refractivity contribution is 7.09. The summed E-state index contributed by atoms with van der Waals surface area (Å²) in [4.78, 5) is 138. The third-order valence-corrected chi connectivity index (χ3v) is 15.2. The third kappa shape index (κ3) is 20.8. The fraction of sp³-hybridized carbons (Fsp3) is 0.618. The molecule has 0 spiro atoms. The number of benzene rings is 1. The molecule has 2 aromatic rings. The van der Waals surface area contributed by atoms with Crippen molar-refractivity contribution in [2.75, 3.05) is 46.1 Å².